The molecule has 0 aliphatic carbocycles. The van der Waals surface area contributed by atoms with Gasteiger partial charge in [0.05, 0.1) is 9.85 Å². The molecule has 18 nitrogen and oxygen atoms in total. The molecule has 0 unspecified atom stereocenters. The van der Waals surface area contributed by atoms with Crippen LogP contribution in [-0.4, -0.2) is 70.3 Å². The van der Waals surface area contributed by atoms with Crippen molar-refractivity contribution in [1.29, 1.82) is 0 Å². The molecule has 0 saturated carbocycles. The molecular weight excluding hydrogens is 765 g/mol. The molecule has 6 rings (SSSR count). The molecule has 4 aromatic heterocycles. The van der Waals surface area contributed by atoms with Crippen LogP contribution in [0.3, 0.4) is 0 Å². The van der Waals surface area contributed by atoms with Gasteiger partial charge in [-0.3, -0.25) is 48.9 Å². The third-order valence-electron chi connectivity index (χ3n) is 8.45. The van der Waals surface area contributed by atoms with E-state index in [-0.39, 0.29) is 29.4 Å². The van der Waals surface area contributed by atoms with E-state index in [4.69, 9.17) is 17.2 Å². The summed E-state index contributed by atoms with van der Waals surface area (Å²) in [4.78, 5) is 62.0. The maximum atomic E-state index is 12.6. The highest BCUT2D eigenvalue weighted by atomic mass is 32.2. The molecule has 0 aliphatic rings. The van der Waals surface area contributed by atoms with Crippen LogP contribution < -0.4 is 33.6 Å². The second-order valence-electron chi connectivity index (χ2n) is 12.7. The minimum Gasteiger partial charge on any atom is -0.354 e. The zero-order valence-electron chi connectivity index (χ0n) is 32.0. The van der Waals surface area contributed by atoms with Gasteiger partial charge in [-0.15, -0.1) is 0 Å². The molecule has 19 heteroatoms. The van der Waals surface area contributed by atoms with E-state index in [0.29, 0.717) is 35.8 Å². The standard InChI is InChI=1S/C19H20N6O3.C11H10N4O3S.C9H14N2/c1-24-18(26)17(25(27)28)16(14-7-9-21-10-8-14)23-19(24)22-12-15(20)11-13-5-3-2-4-6-13;1-14-10(16)9(15(17)18)8(13-11(14)19-2)7-3-5-12-6-4-7;10-7-9(11)6-8-4-2-1-3-5-8/h2-10,15H,11-12,20H2,1H3,(H,22,23);3-6H,1-2H3;1-5,9H,6-7,10-11H2/t15-;;9-/m0.0/s1. The van der Waals surface area contributed by atoms with Crippen LogP contribution in [0.1, 0.15) is 11.1 Å². The van der Waals surface area contributed by atoms with Gasteiger partial charge in [-0.2, -0.15) is 0 Å². The summed E-state index contributed by atoms with van der Waals surface area (Å²) in [5.41, 5.74) is 18.1. The van der Waals surface area contributed by atoms with Gasteiger partial charge in [-0.05, 0) is 54.5 Å². The lowest BCUT2D eigenvalue weighted by atomic mass is 10.1. The van der Waals surface area contributed by atoms with Crippen LogP contribution in [0, 0.1) is 20.2 Å². The predicted octanol–water partition coefficient (Wildman–Crippen LogP) is 3.72. The van der Waals surface area contributed by atoms with Gasteiger partial charge in [0.2, 0.25) is 5.95 Å². The van der Waals surface area contributed by atoms with Crippen molar-refractivity contribution in [2.24, 2.45) is 31.3 Å². The molecule has 0 aliphatic heterocycles. The Hall–Kier alpha value is -6.67. The summed E-state index contributed by atoms with van der Waals surface area (Å²) in [7, 11) is 2.90. The number of nitrogens with zero attached hydrogens (tertiary/aromatic N) is 8. The maximum Gasteiger partial charge on any atom is 0.360 e. The lowest BCUT2D eigenvalue weighted by Gasteiger charge is -2.16. The Kier molecular flexibility index (Phi) is 16.4. The molecule has 0 spiro atoms. The van der Waals surface area contributed by atoms with E-state index < -0.39 is 32.3 Å². The summed E-state index contributed by atoms with van der Waals surface area (Å²) in [6, 6.07) is 26.1. The predicted molar refractivity (Wildman–Crippen MR) is 224 cm³/mol. The average Bonchev–Trinajstić information content (AvgIpc) is 3.23. The number of nitrogens with two attached hydrogens (primary N) is 3. The second kappa shape index (κ2) is 21.6. The number of nitrogens with one attached hydrogen (secondary N) is 1. The molecular formula is C39H44N12O6S. The number of aromatic nitrogens is 6. The molecule has 6 aromatic rings. The fourth-order valence-corrected chi connectivity index (χ4v) is 6.00. The van der Waals surface area contributed by atoms with Gasteiger partial charge in [0.15, 0.2) is 16.5 Å². The zero-order valence-corrected chi connectivity index (χ0v) is 32.9. The number of nitro groups is 2. The quantitative estimate of drug-likeness (QED) is 0.0560. The van der Waals surface area contributed by atoms with Crippen LogP contribution >= 0.6 is 11.8 Å². The lowest BCUT2D eigenvalue weighted by molar-refractivity contribution is -0.386. The van der Waals surface area contributed by atoms with Crippen LogP contribution in [0.2, 0.25) is 0 Å². The number of benzene rings is 2. The molecule has 0 amide bonds. The molecule has 58 heavy (non-hydrogen) atoms. The Morgan fingerprint density at radius 1 is 0.690 bits per heavy atom. The molecule has 7 N–H and O–H groups in total. The summed E-state index contributed by atoms with van der Waals surface area (Å²) in [5, 5.41) is 26.0. The molecule has 0 saturated heterocycles. The summed E-state index contributed by atoms with van der Waals surface area (Å²) in [6.07, 6.45) is 9.24. The lowest BCUT2D eigenvalue weighted by Crippen LogP contribution is -2.34. The van der Waals surface area contributed by atoms with Gasteiger partial charge >= 0.3 is 22.5 Å². The van der Waals surface area contributed by atoms with Gasteiger partial charge in [-0.1, -0.05) is 72.4 Å². The van der Waals surface area contributed by atoms with Crippen LogP contribution in [0.4, 0.5) is 17.3 Å². The van der Waals surface area contributed by atoms with E-state index in [1.165, 1.54) is 60.8 Å². The minimum absolute atomic E-state index is 0.00497. The normalized spacial score (nSPS) is 11.6. The monoisotopic (exact) mass is 808 g/mol. The van der Waals surface area contributed by atoms with Gasteiger partial charge in [0, 0.05) is 75.2 Å². The number of thioether (sulfide) groups is 1. The first-order valence-electron chi connectivity index (χ1n) is 17.7. The van der Waals surface area contributed by atoms with Crippen LogP contribution in [0.25, 0.3) is 22.5 Å². The SMILES string of the molecule is CSc1nc(-c2ccncc2)c([N+](=O)[O-])c(=O)n1C.Cn1c(NC[C@@H](N)Cc2ccccc2)nc(-c2ccncc2)c([N+](=O)[O-])c1=O.NC[C@@H](N)Cc1ccccc1. The van der Waals surface area contributed by atoms with E-state index in [0.717, 1.165) is 16.6 Å². The Morgan fingerprint density at radius 2 is 1.12 bits per heavy atom. The Bertz CT molecular complexity index is 2390. The Morgan fingerprint density at radius 3 is 1.55 bits per heavy atom. The first kappa shape index (κ1) is 44.0. The zero-order chi connectivity index (χ0) is 42.2. The molecule has 0 fully saturated rings. The highest BCUT2D eigenvalue weighted by Crippen LogP contribution is 2.27. The summed E-state index contributed by atoms with van der Waals surface area (Å²) in [6.45, 7) is 0.900. The number of anilines is 1. The Balaban J connectivity index is 0.000000213. The molecule has 4 heterocycles. The second-order valence-corrected chi connectivity index (χ2v) is 13.4. The van der Waals surface area contributed by atoms with Crippen molar-refractivity contribution in [3.63, 3.8) is 0 Å². The summed E-state index contributed by atoms with van der Waals surface area (Å²) < 4.78 is 2.30. The van der Waals surface area contributed by atoms with Gasteiger partial charge in [0.1, 0.15) is 0 Å². The molecule has 2 atom stereocenters. The van der Waals surface area contributed by atoms with E-state index in [1.54, 1.807) is 30.5 Å². The van der Waals surface area contributed by atoms with Crippen LogP contribution in [0.5, 0.6) is 0 Å². The van der Waals surface area contributed by atoms with E-state index in [1.807, 2.05) is 48.5 Å². The fourth-order valence-electron chi connectivity index (χ4n) is 5.46. The molecule has 302 valence electrons. The van der Waals surface area contributed by atoms with Gasteiger partial charge < -0.3 is 22.5 Å². The van der Waals surface area contributed by atoms with E-state index >= 15 is 0 Å². The first-order chi connectivity index (χ1) is 27.9. The van der Waals surface area contributed by atoms with Gasteiger partial charge in [0.25, 0.3) is 0 Å². The fraction of sp³-hybridized carbons (Fsp3) is 0.231. The third-order valence-corrected chi connectivity index (χ3v) is 9.18. The topological polar surface area (TPSA) is 272 Å². The van der Waals surface area contributed by atoms with Crippen molar-refractivity contribution in [2.75, 3.05) is 24.7 Å². The van der Waals surface area contributed by atoms with Crippen molar-refractivity contribution in [2.45, 2.75) is 30.1 Å². The van der Waals surface area contributed by atoms with Crippen molar-refractivity contribution < 1.29 is 9.85 Å². The number of rotatable bonds is 13. The highest BCUT2D eigenvalue weighted by Gasteiger charge is 2.27. The summed E-state index contributed by atoms with van der Waals surface area (Å²) in [5.74, 6) is 0.214. The largest absolute Gasteiger partial charge is 0.360 e. The smallest absolute Gasteiger partial charge is 0.354 e. The summed E-state index contributed by atoms with van der Waals surface area (Å²) >= 11 is 1.25. The Labute approximate surface area is 337 Å². The minimum atomic E-state index is -0.744. The van der Waals surface area contributed by atoms with Crippen LogP contribution in [0.15, 0.2) is 124 Å². The van der Waals surface area contributed by atoms with Gasteiger partial charge in [-0.25, -0.2) is 9.97 Å². The van der Waals surface area contributed by atoms with Crippen LogP contribution in [-0.2, 0) is 26.9 Å². The number of hydrogen-bond acceptors (Lipinski definition) is 15. The van der Waals surface area contributed by atoms with Crippen molar-refractivity contribution in [3.05, 3.63) is 162 Å². The molecule has 0 radical (unpaired) electrons. The van der Waals surface area contributed by atoms with Crippen molar-refractivity contribution in [1.82, 2.24) is 29.1 Å². The molecule has 0 bridgehead atoms. The van der Waals surface area contributed by atoms with Crippen molar-refractivity contribution in [3.8, 4) is 22.5 Å². The number of hydrogen-bond donors (Lipinski definition) is 4. The number of pyridine rings is 2. The molecule has 2 aromatic carbocycles. The maximum absolute atomic E-state index is 12.6. The highest BCUT2D eigenvalue weighted by molar-refractivity contribution is 7.98. The average molecular weight is 809 g/mol. The van der Waals surface area contributed by atoms with E-state index in [2.05, 4.69) is 37.4 Å². The van der Waals surface area contributed by atoms with E-state index in [9.17, 15) is 29.8 Å². The first-order valence-corrected chi connectivity index (χ1v) is 19.0. The third kappa shape index (κ3) is 11.9. The van der Waals surface area contributed by atoms with Crippen molar-refractivity contribution >= 4 is 29.1 Å².